The summed E-state index contributed by atoms with van der Waals surface area (Å²) in [5, 5.41) is 18.1. The van der Waals surface area contributed by atoms with E-state index in [-0.39, 0.29) is 0 Å². The maximum atomic E-state index is 6.17. The van der Waals surface area contributed by atoms with Crippen LogP contribution in [-0.2, 0) is 0 Å². The normalized spacial score (nSPS) is 12.2. The molecule has 13 rings (SSSR count). The van der Waals surface area contributed by atoms with Gasteiger partial charge in [0.05, 0.1) is 0 Å². The van der Waals surface area contributed by atoms with Gasteiger partial charge in [0.15, 0.2) is 11.2 Å². The molecule has 11 aromatic carbocycles. The molecule has 262 valence electrons. The van der Waals surface area contributed by atoms with Gasteiger partial charge in [-0.2, -0.15) is 4.98 Å². The van der Waals surface area contributed by atoms with E-state index in [1.807, 2.05) is 12.1 Å². The Labute approximate surface area is 326 Å². The Morgan fingerprint density at radius 1 is 0.333 bits per heavy atom. The van der Waals surface area contributed by atoms with Gasteiger partial charge in [0.2, 0.25) is 5.89 Å². The van der Waals surface area contributed by atoms with Gasteiger partial charge in [0.25, 0.3) is 0 Å². The number of hydrogen-bond donors (Lipinski definition) is 0. The van der Waals surface area contributed by atoms with Crippen molar-refractivity contribution in [1.82, 2.24) is 9.97 Å². The Balaban J connectivity index is 1.21. The van der Waals surface area contributed by atoms with Crippen molar-refractivity contribution in [3.05, 3.63) is 182 Å². The maximum absolute atomic E-state index is 6.17. The summed E-state index contributed by atoms with van der Waals surface area (Å²) in [5.41, 5.74) is 9.52. The fourth-order valence-corrected chi connectivity index (χ4v) is 9.97. The fourth-order valence-electron chi connectivity index (χ4n) is 9.97. The molecule has 0 fully saturated rings. The third kappa shape index (κ3) is 4.20. The summed E-state index contributed by atoms with van der Waals surface area (Å²) in [5.74, 6) is 0.570. The van der Waals surface area contributed by atoms with Crippen molar-refractivity contribution >= 4 is 86.6 Å². The quantitative estimate of drug-likeness (QED) is 0.170. The van der Waals surface area contributed by atoms with Gasteiger partial charge in [-0.25, -0.2) is 4.98 Å². The molecule has 0 N–H and O–H groups in total. The maximum Gasteiger partial charge on any atom is 0.228 e. The highest BCUT2D eigenvalue weighted by atomic mass is 16.3. The largest absolute Gasteiger partial charge is 0.434 e. The number of fused-ring (bicyclic) bond motifs is 9. The number of pyridine rings is 1. The minimum atomic E-state index is 0.570. The van der Waals surface area contributed by atoms with E-state index >= 15 is 0 Å². The van der Waals surface area contributed by atoms with Crippen LogP contribution in [0, 0.1) is 0 Å². The average Bonchev–Trinajstić information content (AvgIpc) is 3.96. The van der Waals surface area contributed by atoms with Crippen molar-refractivity contribution in [2.75, 3.05) is 0 Å². The third-order valence-corrected chi connectivity index (χ3v) is 12.2. The van der Waals surface area contributed by atoms with Gasteiger partial charge in [-0.05, 0) is 139 Å². The van der Waals surface area contributed by atoms with E-state index < -0.39 is 0 Å². The molecule has 0 unspecified atom stereocenters. The van der Waals surface area contributed by atoms with Crippen LogP contribution < -0.4 is 0 Å². The van der Waals surface area contributed by atoms with Crippen LogP contribution in [0.2, 0.25) is 0 Å². The molecule has 0 aliphatic rings. The van der Waals surface area contributed by atoms with E-state index in [9.17, 15) is 0 Å². The van der Waals surface area contributed by atoms with Crippen molar-refractivity contribution in [2.24, 2.45) is 0 Å². The van der Waals surface area contributed by atoms with Crippen molar-refractivity contribution in [1.29, 1.82) is 0 Å². The highest BCUT2D eigenvalue weighted by Gasteiger charge is 2.27. The van der Waals surface area contributed by atoms with Gasteiger partial charge >= 0.3 is 0 Å². The van der Waals surface area contributed by atoms with Gasteiger partial charge in [0.1, 0.15) is 0 Å². The summed E-state index contributed by atoms with van der Waals surface area (Å²) in [6.45, 7) is 0. The van der Waals surface area contributed by atoms with Gasteiger partial charge in [0, 0.05) is 11.8 Å². The molecule has 0 aliphatic carbocycles. The smallest absolute Gasteiger partial charge is 0.228 e. The number of rotatable bonds is 4. The molecule has 0 amide bonds. The lowest BCUT2D eigenvalue weighted by Gasteiger charge is -2.19. The lowest BCUT2D eigenvalue weighted by Crippen LogP contribution is -1.91. The van der Waals surface area contributed by atoms with Crippen LogP contribution in [0.1, 0.15) is 0 Å². The minimum Gasteiger partial charge on any atom is -0.434 e. The van der Waals surface area contributed by atoms with Gasteiger partial charge in [-0.15, -0.1) is 0 Å². The summed E-state index contributed by atoms with van der Waals surface area (Å²) in [7, 11) is 0. The molecule has 0 bridgehead atoms. The number of oxazole rings is 1. The number of benzene rings is 9. The van der Waals surface area contributed by atoms with Crippen molar-refractivity contribution in [3.8, 4) is 44.8 Å². The Kier molecular flexibility index (Phi) is 6.16. The molecule has 0 saturated heterocycles. The number of aromatic nitrogens is 2. The van der Waals surface area contributed by atoms with Crippen LogP contribution >= 0.6 is 0 Å². The van der Waals surface area contributed by atoms with E-state index in [0.717, 1.165) is 11.1 Å². The molecule has 0 radical (unpaired) electrons. The molecule has 0 atom stereocenters. The van der Waals surface area contributed by atoms with Crippen LogP contribution in [0.3, 0.4) is 0 Å². The summed E-state index contributed by atoms with van der Waals surface area (Å²) in [6, 6.07) is 64.3. The SMILES string of the molecule is c1ccc(-c2c3cc4c5ccccc5c5cccc(c3c(-c3ccccc3)c3c6cccc7c(-c8cccc(-c9nc%10ncccc%10o9)c8)ccc(c23)c76)c54)cc1. The monoisotopic (exact) mass is 722 g/mol. The van der Waals surface area contributed by atoms with E-state index in [2.05, 4.69) is 169 Å². The first-order valence-corrected chi connectivity index (χ1v) is 19.5. The Morgan fingerprint density at radius 3 is 1.70 bits per heavy atom. The zero-order valence-electron chi connectivity index (χ0n) is 30.6. The second-order valence-corrected chi connectivity index (χ2v) is 15.2. The lowest BCUT2D eigenvalue weighted by molar-refractivity contribution is 0.619. The standard InChI is InChI=1S/C54H30N2O/c1-3-13-31(14-4-1)46-44-30-43-37-20-8-7-19-36(37)39-22-11-23-40(49(39)43)50(44)47(32-15-5-2-6-16-32)52-41-24-10-21-38-35(26-27-42(48(38)41)51(46)52)33-17-9-18-34(29-33)54-56-53-45(57-54)25-12-28-55-53/h1-30H. The molecule has 0 saturated carbocycles. The van der Waals surface area contributed by atoms with E-state index in [0.29, 0.717) is 17.1 Å². The molecule has 0 spiro atoms. The van der Waals surface area contributed by atoms with E-state index in [1.54, 1.807) is 6.20 Å². The molecule has 3 heteroatoms. The first-order valence-electron chi connectivity index (χ1n) is 19.5. The zero-order valence-corrected chi connectivity index (χ0v) is 30.6. The zero-order chi connectivity index (χ0) is 37.2. The van der Waals surface area contributed by atoms with Crippen LogP contribution in [0.5, 0.6) is 0 Å². The van der Waals surface area contributed by atoms with Gasteiger partial charge in [-0.1, -0.05) is 146 Å². The highest BCUT2D eigenvalue weighted by Crippen LogP contribution is 2.55. The van der Waals surface area contributed by atoms with Crippen molar-refractivity contribution < 1.29 is 4.42 Å². The predicted molar refractivity (Wildman–Crippen MR) is 238 cm³/mol. The predicted octanol–water partition coefficient (Wildman–Crippen LogP) is 14.8. The van der Waals surface area contributed by atoms with Gasteiger partial charge in [-0.3, -0.25) is 0 Å². The highest BCUT2D eigenvalue weighted by molar-refractivity contribution is 6.45. The van der Waals surface area contributed by atoms with Crippen LogP contribution in [0.4, 0.5) is 0 Å². The first-order chi connectivity index (χ1) is 28.3. The Bertz CT molecular complexity index is 3700. The molecule has 13 aromatic rings. The van der Waals surface area contributed by atoms with E-state index in [4.69, 9.17) is 9.40 Å². The molecule has 0 aliphatic heterocycles. The Hall–Kier alpha value is -7.62. The average molecular weight is 723 g/mol. The third-order valence-electron chi connectivity index (χ3n) is 12.2. The van der Waals surface area contributed by atoms with Crippen molar-refractivity contribution in [2.45, 2.75) is 0 Å². The number of nitrogens with zero attached hydrogens (tertiary/aromatic N) is 2. The molecule has 57 heavy (non-hydrogen) atoms. The van der Waals surface area contributed by atoms with Crippen LogP contribution in [0.15, 0.2) is 187 Å². The Morgan fingerprint density at radius 2 is 0.912 bits per heavy atom. The van der Waals surface area contributed by atoms with Crippen LogP contribution in [0.25, 0.3) is 131 Å². The molecule has 3 nitrogen and oxygen atoms in total. The number of hydrogen-bond acceptors (Lipinski definition) is 3. The van der Waals surface area contributed by atoms with Crippen LogP contribution in [-0.4, -0.2) is 9.97 Å². The minimum absolute atomic E-state index is 0.570. The van der Waals surface area contributed by atoms with E-state index in [1.165, 1.54) is 103 Å². The summed E-state index contributed by atoms with van der Waals surface area (Å²) < 4.78 is 6.17. The van der Waals surface area contributed by atoms with Crippen molar-refractivity contribution in [3.63, 3.8) is 0 Å². The summed E-state index contributed by atoms with van der Waals surface area (Å²) >= 11 is 0. The second-order valence-electron chi connectivity index (χ2n) is 15.2. The molecular weight excluding hydrogens is 693 g/mol. The topological polar surface area (TPSA) is 38.9 Å². The first kappa shape index (κ1) is 30.7. The molecule has 2 aromatic heterocycles. The summed E-state index contributed by atoms with van der Waals surface area (Å²) in [4.78, 5) is 9.13. The second kappa shape index (κ2) is 11.5. The fraction of sp³-hybridized carbons (Fsp3) is 0. The lowest BCUT2D eigenvalue weighted by atomic mass is 9.84. The van der Waals surface area contributed by atoms with Gasteiger partial charge < -0.3 is 4.42 Å². The summed E-state index contributed by atoms with van der Waals surface area (Å²) in [6.07, 6.45) is 1.75. The molecular formula is C54H30N2O. The molecule has 2 heterocycles.